The second-order valence-corrected chi connectivity index (χ2v) is 12.3. The monoisotopic (exact) mass is 603 g/mol. The first kappa shape index (κ1) is 31.4. The van der Waals surface area contributed by atoms with E-state index < -0.39 is 36.0 Å². The summed E-state index contributed by atoms with van der Waals surface area (Å²) >= 11 is 0. The topological polar surface area (TPSA) is 165 Å². The molecule has 4 atom stereocenters. The highest BCUT2D eigenvalue weighted by Gasteiger charge is 2.34. The average molecular weight is 604 g/mol. The zero-order chi connectivity index (χ0) is 30.7. The predicted molar refractivity (Wildman–Crippen MR) is 165 cm³/mol. The Balaban J connectivity index is 1.34. The number of amides is 3. The van der Waals surface area contributed by atoms with E-state index >= 15 is 0 Å². The molecule has 0 unspecified atom stereocenters. The van der Waals surface area contributed by atoms with E-state index in [4.69, 9.17) is 0 Å². The van der Waals surface area contributed by atoms with Crippen LogP contribution in [-0.4, -0.2) is 60.9 Å². The van der Waals surface area contributed by atoms with E-state index in [0.717, 1.165) is 56.9 Å². The summed E-state index contributed by atoms with van der Waals surface area (Å²) in [4.78, 5) is 55.3. The van der Waals surface area contributed by atoms with Gasteiger partial charge in [-0.2, -0.15) is 0 Å². The number of hydrogen-bond donors (Lipinski definition) is 6. The lowest BCUT2D eigenvalue weighted by Gasteiger charge is -2.31. The van der Waals surface area contributed by atoms with Crippen molar-refractivity contribution in [1.29, 1.82) is 0 Å². The lowest BCUT2D eigenvalue weighted by molar-refractivity contribution is -0.133. The van der Waals surface area contributed by atoms with E-state index in [-0.39, 0.29) is 18.2 Å². The first-order valence-electron chi connectivity index (χ1n) is 16.1. The zero-order valence-corrected chi connectivity index (χ0v) is 25.2. The van der Waals surface area contributed by atoms with Crippen LogP contribution in [0.25, 0.3) is 0 Å². The highest BCUT2D eigenvalue weighted by molar-refractivity contribution is 5.93. The van der Waals surface area contributed by atoms with Crippen molar-refractivity contribution >= 4 is 17.7 Å². The van der Waals surface area contributed by atoms with Gasteiger partial charge < -0.3 is 31.0 Å². The molecular formula is C33H45N7O4. The first-order valence-corrected chi connectivity index (χ1v) is 16.1. The molecule has 0 spiro atoms. The number of aliphatic hydroxyl groups is 1. The summed E-state index contributed by atoms with van der Waals surface area (Å²) in [6.07, 6.45) is 15.6. The molecular weight excluding hydrogens is 558 g/mol. The van der Waals surface area contributed by atoms with Gasteiger partial charge in [-0.25, -0.2) is 9.97 Å². The van der Waals surface area contributed by atoms with E-state index in [1.807, 2.05) is 30.3 Å². The number of rotatable bonds is 14. The van der Waals surface area contributed by atoms with E-state index in [2.05, 4.69) is 35.9 Å². The number of imidazole rings is 2. The van der Waals surface area contributed by atoms with Crippen molar-refractivity contribution in [3.05, 3.63) is 72.3 Å². The number of carbonyl (C=O) groups is 3. The number of carbonyl (C=O) groups excluding carboxylic acids is 3. The number of hydrogen-bond acceptors (Lipinski definition) is 6. The normalized spacial score (nSPS) is 18.7. The number of aliphatic hydroxyl groups excluding tert-OH is 1. The molecule has 2 aromatic heterocycles. The van der Waals surface area contributed by atoms with Crippen LogP contribution >= 0.6 is 0 Å². The highest BCUT2D eigenvalue weighted by atomic mass is 16.3. The van der Waals surface area contributed by atoms with Crippen LogP contribution in [0.1, 0.15) is 87.4 Å². The third-order valence-corrected chi connectivity index (χ3v) is 9.07. The molecule has 11 heteroatoms. The first-order chi connectivity index (χ1) is 21.5. The molecule has 0 bridgehead atoms. The molecule has 0 radical (unpaired) electrons. The van der Waals surface area contributed by atoms with Crippen LogP contribution in [0.2, 0.25) is 0 Å². The Morgan fingerprint density at radius 1 is 0.864 bits per heavy atom. The molecule has 2 fully saturated rings. The average Bonchev–Trinajstić information content (AvgIpc) is 3.85. The lowest BCUT2D eigenvalue weighted by Crippen LogP contribution is -2.57. The number of aromatic amines is 2. The maximum atomic E-state index is 14.0. The summed E-state index contributed by atoms with van der Waals surface area (Å²) in [5, 5.41) is 20.2. The molecule has 2 saturated carbocycles. The van der Waals surface area contributed by atoms with Crippen LogP contribution in [0.3, 0.4) is 0 Å². The summed E-state index contributed by atoms with van der Waals surface area (Å²) in [7, 11) is 0. The quantitative estimate of drug-likeness (QED) is 0.166. The van der Waals surface area contributed by atoms with Gasteiger partial charge in [-0.1, -0.05) is 75.3 Å². The Labute approximate surface area is 258 Å². The number of nitrogens with one attached hydrogen (secondary N) is 5. The van der Waals surface area contributed by atoms with Gasteiger partial charge in [-0.3, -0.25) is 14.4 Å². The van der Waals surface area contributed by atoms with Crippen LogP contribution in [-0.2, 0) is 27.2 Å². The van der Waals surface area contributed by atoms with Gasteiger partial charge in [-0.15, -0.1) is 0 Å². The number of benzene rings is 1. The summed E-state index contributed by atoms with van der Waals surface area (Å²) in [6.45, 7) is 0. The summed E-state index contributed by atoms with van der Waals surface area (Å²) in [5.41, 5.74) is 1.58. The molecule has 0 saturated heterocycles. The van der Waals surface area contributed by atoms with Gasteiger partial charge in [0.1, 0.15) is 24.0 Å². The van der Waals surface area contributed by atoms with Crippen molar-refractivity contribution in [2.75, 3.05) is 0 Å². The van der Waals surface area contributed by atoms with Crippen LogP contribution in [0, 0.1) is 11.8 Å². The maximum Gasteiger partial charge on any atom is 0.243 e. The Morgan fingerprint density at radius 2 is 1.57 bits per heavy atom. The van der Waals surface area contributed by atoms with Gasteiger partial charge in [0.15, 0.2) is 0 Å². The minimum atomic E-state index is -1.03. The molecule has 236 valence electrons. The molecule has 5 rings (SSSR count). The van der Waals surface area contributed by atoms with E-state index in [1.165, 1.54) is 12.7 Å². The molecule has 1 aromatic carbocycles. The molecule has 2 aliphatic carbocycles. The minimum Gasteiger partial charge on any atom is -0.383 e. The molecule has 3 amide bonds. The fourth-order valence-electron chi connectivity index (χ4n) is 6.60. The van der Waals surface area contributed by atoms with E-state index in [1.54, 1.807) is 18.6 Å². The largest absolute Gasteiger partial charge is 0.383 e. The molecule has 2 aliphatic rings. The van der Waals surface area contributed by atoms with Crippen molar-refractivity contribution in [3.63, 3.8) is 0 Å². The third kappa shape index (κ3) is 8.78. The number of H-pyrrole nitrogens is 2. The molecule has 6 N–H and O–H groups in total. The smallest absolute Gasteiger partial charge is 0.243 e. The molecule has 3 aromatic rings. The molecule has 2 heterocycles. The Kier molecular flexibility index (Phi) is 11.2. The predicted octanol–water partition coefficient (Wildman–Crippen LogP) is 3.27. The van der Waals surface area contributed by atoms with Crippen LogP contribution in [0.15, 0.2) is 55.2 Å². The summed E-state index contributed by atoms with van der Waals surface area (Å²) < 4.78 is 0. The number of nitrogens with zero attached hydrogens (tertiary/aromatic N) is 2. The Bertz CT molecular complexity index is 1300. The van der Waals surface area contributed by atoms with Crippen molar-refractivity contribution in [2.24, 2.45) is 11.8 Å². The van der Waals surface area contributed by atoms with Gasteiger partial charge >= 0.3 is 0 Å². The highest BCUT2D eigenvalue weighted by Crippen LogP contribution is 2.30. The summed E-state index contributed by atoms with van der Waals surface area (Å²) in [5.74, 6) is -0.315. The molecule has 11 nitrogen and oxygen atoms in total. The summed E-state index contributed by atoms with van der Waals surface area (Å²) in [6, 6.07) is 7.12. The van der Waals surface area contributed by atoms with Gasteiger partial charge in [-0.05, 0) is 30.7 Å². The number of aromatic nitrogens is 4. The minimum absolute atomic E-state index is 0.103. The van der Waals surface area contributed by atoms with E-state index in [9.17, 15) is 19.5 Å². The second kappa shape index (κ2) is 15.7. The van der Waals surface area contributed by atoms with Crippen molar-refractivity contribution in [2.45, 2.75) is 101 Å². The van der Waals surface area contributed by atoms with Crippen molar-refractivity contribution < 1.29 is 19.5 Å². The van der Waals surface area contributed by atoms with Gasteiger partial charge in [0, 0.05) is 43.0 Å². The van der Waals surface area contributed by atoms with Gasteiger partial charge in [0.2, 0.25) is 17.7 Å². The maximum absolute atomic E-state index is 14.0. The fraction of sp³-hybridized carbons (Fsp3) is 0.545. The van der Waals surface area contributed by atoms with Crippen LogP contribution in [0.4, 0.5) is 0 Å². The molecule has 44 heavy (non-hydrogen) atoms. The van der Waals surface area contributed by atoms with Gasteiger partial charge in [0.05, 0.1) is 12.4 Å². The lowest BCUT2D eigenvalue weighted by atomic mass is 9.83. The third-order valence-electron chi connectivity index (χ3n) is 9.07. The second-order valence-electron chi connectivity index (χ2n) is 12.3. The SMILES string of the molecule is O=C(N[C@@H](Cc1ccccc1)C(=O)N[C@@H](Cc1cnc[nH]1)C(=O)N[C@@H](CC1CCCCC1)[C@@H](O)c1ncc[nH]1)C1CCCC1. The van der Waals surface area contributed by atoms with Crippen molar-refractivity contribution in [1.82, 2.24) is 35.9 Å². The van der Waals surface area contributed by atoms with Crippen LogP contribution in [0.5, 0.6) is 0 Å². The van der Waals surface area contributed by atoms with E-state index in [0.29, 0.717) is 30.3 Å². The molecule has 0 aliphatic heterocycles. The van der Waals surface area contributed by atoms with Crippen LogP contribution < -0.4 is 16.0 Å². The Morgan fingerprint density at radius 3 is 2.25 bits per heavy atom. The zero-order valence-electron chi connectivity index (χ0n) is 25.2. The van der Waals surface area contributed by atoms with Crippen molar-refractivity contribution in [3.8, 4) is 0 Å². The van der Waals surface area contributed by atoms with Gasteiger partial charge in [0.25, 0.3) is 0 Å². The Hall–Kier alpha value is -3.99. The standard InChI is InChI=1S/C33H45N7O4/c41-29(30-35-15-16-36-30)26(17-22-9-3-1-4-10-22)38-33(44)28(19-25-20-34-21-37-25)40-32(43)27(18-23-11-5-2-6-12-23)39-31(42)24-13-7-8-14-24/h2,5-6,11-12,15-16,20-22,24,26-29,41H,1,3-4,7-10,13-14,17-19H2,(H,34,37)(H,35,36)(H,38,44)(H,39,42)(H,40,43)/t26-,27-,28-,29+/m0/s1. The fourth-order valence-corrected chi connectivity index (χ4v) is 6.60.